The number of hydrogen-bond donors (Lipinski definition) is 2. The summed E-state index contributed by atoms with van der Waals surface area (Å²) in [6, 6.07) is 3.66. The van der Waals surface area contributed by atoms with Gasteiger partial charge in [-0.15, -0.1) is 0 Å². The smallest absolute Gasteiger partial charge is 0.323 e. The third kappa shape index (κ3) is 2.24. The van der Waals surface area contributed by atoms with Crippen LogP contribution in [0.4, 0.5) is 5.82 Å². The molecule has 2 heterocycles. The Morgan fingerprint density at radius 1 is 1.71 bits per heavy atom. The van der Waals surface area contributed by atoms with Crippen LogP contribution in [0.2, 0.25) is 0 Å². The Labute approximate surface area is 100 Å². The summed E-state index contributed by atoms with van der Waals surface area (Å²) >= 11 is 0. The third-order valence-corrected chi connectivity index (χ3v) is 3.47. The van der Waals surface area contributed by atoms with Crippen molar-refractivity contribution < 1.29 is 9.90 Å². The first-order valence-electron chi connectivity index (χ1n) is 5.71. The number of rotatable bonds is 3. The van der Waals surface area contributed by atoms with Crippen LogP contribution in [0.25, 0.3) is 0 Å². The molecule has 2 rings (SSSR count). The first-order chi connectivity index (χ1) is 8.02. The Hall–Kier alpha value is -1.62. The number of aliphatic carboxylic acids is 1. The molecule has 1 aromatic rings. The maximum Gasteiger partial charge on any atom is 0.323 e. The first kappa shape index (κ1) is 11.9. The number of nitrogens with two attached hydrogens (primary N) is 1. The average Bonchev–Trinajstić information content (AvgIpc) is 2.62. The largest absolute Gasteiger partial charge is 0.480 e. The summed E-state index contributed by atoms with van der Waals surface area (Å²) in [6.45, 7) is 3.20. The van der Waals surface area contributed by atoms with Gasteiger partial charge in [-0.25, -0.2) is 4.98 Å². The van der Waals surface area contributed by atoms with E-state index in [9.17, 15) is 9.90 Å². The van der Waals surface area contributed by atoms with E-state index in [1.807, 2.05) is 11.0 Å². The van der Waals surface area contributed by atoms with Crippen molar-refractivity contribution in [3.05, 3.63) is 23.9 Å². The number of nitrogen functional groups attached to an aromatic ring is 1. The van der Waals surface area contributed by atoms with Gasteiger partial charge in [0.15, 0.2) is 0 Å². The minimum atomic E-state index is -0.753. The second kappa shape index (κ2) is 4.33. The van der Waals surface area contributed by atoms with E-state index < -0.39 is 11.5 Å². The predicted octanol–water partition coefficient (Wildman–Crippen LogP) is 1.10. The van der Waals surface area contributed by atoms with Crippen LogP contribution in [0.3, 0.4) is 0 Å². The molecule has 1 aliphatic rings. The molecule has 5 heteroatoms. The van der Waals surface area contributed by atoms with Gasteiger partial charge in [-0.2, -0.15) is 0 Å². The Balaban J connectivity index is 2.16. The average molecular weight is 235 g/mol. The lowest BCUT2D eigenvalue weighted by Gasteiger charge is -2.31. The molecule has 0 amide bonds. The summed E-state index contributed by atoms with van der Waals surface area (Å²) in [5.41, 5.74) is 5.87. The number of likely N-dealkylation sites (tertiary alicyclic amines) is 1. The van der Waals surface area contributed by atoms with Gasteiger partial charge in [0, 0.05) is 12.7 Å². The van der Waals surface area contributed by atoms with Crippen LogP contribution < -0.4 is 5.73 Å². The maximum absolute atomic E-state index is 11.3. The molecule has 1 aliphatic heterocycles. The number of carboxylic acid groups (broad SMARTS) is 1. The zero-order valence-electron chi connectivity index (χ0n) is 9.89. The topological polar surface area (TPSA) is 79.5 Å². The monoisotopic (exact) mass is 235 g/mol. The van der Waals surface area contributed by atoms with Crippen LogP contribution in [-0.4, -0.2) is 33.0 Å². The molecule has 0 saturated carbocycles. The highest BCUT2D eigenvalue weighted by atomic mass is 16.4. The molecule has 0 spiro atoms. The van der Waals surface area contributed by atoms with Crippen LogP contribution in [0.15, 0.2) is 18.3 Å². The van der Waals surface area contributed by atoms with Crippen LogP contribution in [0.5, 0.6) is 0 Å². The molecule has 1 aromatic heterocycles. The van der Waals surface area contributed by atoms with Crippen molar-refractivity contribution in [3.63, 3.8) is 0 Å². The highest BCUT2D eigenvalue weighted by molar-refractivity contribution is 5.78. The molecule has 1 saturated heterocycles. The molecule has 17 heavy (non-hydrogen) atoms. The number of carboxylic acids is 1. The molecule has 92 valence electrons. The first-order valence-corrected chi connectivity index (χ1v) is 5.71. The predicted molar refractivity (Wildman–Crippen MR) is 64.3 cm³/mol. The van der Waals surface area contributed by atoms with Crippen LogP contribution in [0, 0.1) is 0 Å². The zero-order valence-corrected chi connectivity index (χ0v) is 9.89. The molecule has 0 aliphatic carbocycles. The number of nitrogens with zero attached hydrogens (tertiary/aromatic N) is 2. The van der Waals surface area contributed by atoms with Crippen LogP contribution >= 0.6 is 0 Å². The lowest BCUT2D eigenvalue weighted by atomic mass is 9.99. The second-order valence-electron chi connectivity index (χ2n) is 4.69. The van der Waals surface area contributed by atoms with E-state index in [0.29, 0.717) is 18.8 Å². The Morgan fingerprint density at radius 2 is 2.47 bits per heavy atom. The standard InChI is InChI=1S/C12H17N3O2/c1-12(11(16)17)4-2-6-15(12)8-9-3-5-14-10(13)7-9/h3,5,7H,2,4,6,8H2,1H3,(H2,13,14)(H,16,17). The van der Waals surface area contributed by atoms with Crippen LogP contribution in [-0.2, 0) is 11.3 Å². The maximum atomic E-state index is 11.3. The summed E-state index contributed by atoms with van der Waals surface area (Å²) in [6.07, 6.45) is 3.27. The lowest BCUT2D eigenvalue weighted by molar-refractivity contribution is -0.148. The van der Waals surface area contributed by atoms with E-state index in [0.717, 1.165) is 18.5 Å². The van der Waals surface area contributed by atoms with Gasteiger partial charge in [0.2, 0.25) is 0 Å². The van der Waals surface area contributed by atoms with Gasteiger partial charge < -0.3 is 10.8 Å². The van der Waals surface area contributed by atoms with Crippen molar-refractivity contribution in [1.82, 2.24) is 9.88 Å². The van der Waals surface area contributed by atoms with Gasteiger partial charge in [0.05, 0.1) is 0 Å². The van der Waals surface area contributed by atoms with E-state index >= 15 is 0 Å². The molecule has 0 bridgehead atoms. The fourth-order valence-electron chi connectivity index (χ4n) is 2.33. The molecular formula is C12H17N3O2. The summed E-state index contributed by atoms with van der Waals surface area (Å²) in [5.74, 6) is -0.282. The van der Waals surface area contributed by atoms with Gasteiger partial charge in [-0.3, -0.25) is 9.69 Å². The molecule has 1 unspecified atom stereocenters. The van der Waals surface area contributed by atoms with E-state index in [4.69, 9.17) is 5.73 Å². The number of carbonyl (C=O) groups is 1. The minimum absolute atomic E-state index is 0.471. The van der Waals surface area contributed by atoms with Crippen molar-refractivity contribution in [2.45, 2.75) is 31.8 Å². The van der Waals surface area contributed by atoms with Gasteiger partial charge in [0.25, 0.3) is 0 Å². The van der Waals surface area contributed by atoms with Crippen molar-refractivity contribution in [2.75, 3.05) is 12.3 Å². The molecule has 1 atom stereocenters. The van der Waals surface area contributed by atoms with Crippen LogP contribution in [0.1, 0.15) is 25.3 Å². The summed E-state index contributed by atoms with van der Waals surface area (Å²) < 4.78 is 0. The third-order valence-electron chi connectivity index (χ3n) is 3.47. The number of hydrogen-bond acceptors (Lipinski definition) is 4. The van der Waals surface area contributed by atoms with Gasteiger partial charge in [0.1, 0.15) is 11.4 Å². The normalized spacial score (nSPS) is 25.0. The lowest BCUT2D eigenvalue weighted by Crippen LogP contribution is -2.47. The Kier molecular flexibility index (Phi) is 3.02. The SMILES string of the molecule is CC1(C(=O)O)CCCN1Cc1ccnc(N)c1. The fourth-order valence-corrected chi connectivity index (χ4v) is 2.33. The summed E-state index contributed by atoms with van der Waals surface area (Å²) in [5, 5.41) is 9.30. The summed E-state index contributed by atoms with van der Waals surface area (Å²) in [7, 11) is 0. The molecule has 3 N–H and O–H groups in total. The fraction of sp³-hybridized carbons (Fsp3) is 0.500. The molecule has 5 nitrogen and oxygen atoms in total. The summed E-state index contributed by atoms with van der Waals surface area (Å²) in [4.78, 5) is 17.2. The van der Waals surface area contributed by atoms with Gasteiger partial charge in [-0.1, -0.05) is 0 Å². The molecular weight excluding hydrogens is 218 g/mol. The van der Waals surface area contributed by atoms with Crippen molar-refractivity contribution >= 4 is 11.8 Å². The molecule has 0 radical (unpaired) electrons. The van der Waals surface area contributed by atoms with E-state index in [2.05, 4.69) is 4.98 Å². The Morgan fingerprint density at radius 3 is 3.12 bits per heavy atom. The van der Waals surface area contributed by atoms with Crippen molar-refractivity contribution in [2.24, 2.45) is 0 Å². The number of pyridine rings is 1. The molecule has 0 aromatic carbocycles. The zero-order chi connectivity index (χ0) is 12.5. The highest BCUT2D eigenvalue weighted by Gasteiger charge is 2.43. The van der Waals surface area contributed by atoms with Gasteiger partial charge >= 0.3 is 5.97 Å². The van der Waals surface area contributed by atoms with E-state index in [-0.39, 0.29) is 0 Å². The van der Waals surface area contributed by atoms with E-state index in [1.165, 1.54) is 0 Å². The molecule has 1 fully saturated rings. The number of anilines is 1. The quantitative estimate of drug-likeness (QED) is 0.820. The van der Waals surface area contributed by atoms with Crippen molar-refractivity contribution in [3.8, 4) is 0 Å². The number of aromatic nitrogens is 1. The van der Waals surface area contributed by atoms with E-state index in [1.54, 1.807) is 19.2 Å². The van der Waals surface area contributed by atoms with Crippen molar-refractivity contribution in [1.29, 1.82) is 0 Å². The minimum Gasteiger partial charge on any atom is -0.480 e. The second-order valence-corrected chi connectivity index (χ2v) is 4.69. The van der Waals surface area contributed by atoms with Gasteiger partial charge in [-0.05, 0) is 44.0 Å². The Bertz CT molecular complexity index is 436. The highest BCUT2D eigenvalue weighted by Crippen LogP contribution is 2.30.